The zero-order valence-electron chi connectivity index (χ0n) is 9.58. The van der Waals surface area contributed by atoms with Gasteiger partial charge in [0.2, 0.25) is 0 Å². The molecule has 1 fully saturated rings. The maximum Gasteiger partial charge on any atom is 0.0446 e. The van der Waals surface area contributed by atoms with Gasteiger partial charge >= 0.3 is 0 Å². The van der Waals surface area contributed by atoms with Crippen molar-refractivity contribution in [3.05, 3.63) is 47.3 Å². The highest BCUT2D eigenvalue weighted by molar-refractivity contribution is 6.31. The van der Waals surface area contributed by atoms with Gasteiger partial charge in [-0.2, -0.15) is 0 Å². The molecule has 85 valence electrons. The van der Waals surface area contributed by atoms with Crippen molar-refractivity contribution in [1.82, 2.24) is 0 Å². The summed E-state index contributed by atoms with van der Waals surface area (Å²) < 4.78 is 0. The van der Waals surface area contributed by atoms with Crippen LogP contribution in [0.1, 0.15) is 49.1 Å². The van der Waals surface area contributed by atoms with Crippen LogP contribution in [-0.4, -0.2) is 0 Å². The van der Waals surface area contributed by atoms with Crippen molar-refractivity contribution in [2.45, 2.75) is 38.0 Å². The lowest BCUT2D eigenvalue weighted by Crippen LogP contribution is -2.05. The molecule has 0 bridgehead atoms. The summed E-state index contributed by atoms with van der Waals surface area (Å²) in [6.07, 6.45) is 10.5. The molecule has 16 heavy (non-hydrogen) atoms. The minimum atomic E-state index is 0.680. The summed E-state index contributed by atoms with van der Waals surface area (Å²) in [5, 5.41) is 0.919. The predicted octanol–water partition coefficient (Wildman–Crippen LogP) is 5.23. The van der Waals surface area contributed by atoms with Crippen LogP contribution in [0.4, 0.5) is 0 Å². The highest BCUT2D eigenvalue weighted by Gasteiger charge is 2.17. The Hall–Kier alpha value is -0.750. The van der Waals surface area contributed by atoms with Gasteiger partial charge < -0.3 is 0 Å². The van der Waals surface area contributed by atoms with Crippen LogP contribution in [-0.2, 0) is 0 Å². The Morgan fingerprint density at radius 3 is 2.56 bits per heavy atom. The van der Waals surface area contributed by atoms with Crippen LogP contribution in [0.2, 0.25) is 5.02 Å². The van der Waals surface area contributed by atoms with Crippen LogP contribution < -0.4 is 0 Å². The molecular formula is C15H18Cl. The average molecular weight is 234 g/mol. The molecule has 0 N–H and O–H groups in total. The molecule has 0 nitrogen and oxygen atoms in total. The minimum absolute atomic E-state index is 0.680. The molecule has 1 aliphatic rings. The third-order valence-corrected chi connectivity index (χ3v) is 3.71. The molecule has 0 saturated heterocycles. The lowest BCUT2D eigenvalue weighted by atomic mass is 9.84. The van der Waals surface area contributed by atoms with Crippen molar-refractivity contribution < 1.29 is 0 Å². The third-order valence-electron chi connectivity index (χ3n) is 3.38. The van der Waals surface area contributed by atoms with Crippen LogP contribution in [0.3, 0.4) is 0 Å². The molecule has 0 spiro atoms. The molecule has 1 radical (unpaired) electrons. The van der Waals surface area contributed by atoms with Crippen molar-refractivity contribution in [3.63, 3.8) is 0 Å². The molecule has 1 aromatic rings. The van der Waals surface area contributed by atoms with E-state index < -0.39 is 0 Å². The van der Waals surface area contributed by atoms with Crippen LogP contribution >= 0.6 is 11.6 Å². The van der Waals surface area contributed by atoms with E-state index in [1.807, 2.05) is 12.1 Å². The fraction of sp³-hybridized carbons (Fsp3) is 0.400. The van der Waals surface area contributed by atoms with E-state index in [1.165, 1.54) is 37.7 Å². The second-order valence-electron chi connectivity index (χ2n) is 4.52. The van der Waals surface area contributed by atoms with Gasteiger partial charge in [-0.3, -0.25) is 0 Å². The van der Waals surface area contributed by atoms with E-state index in [2.05, 4.69) is 19.1 Å². The summed E-state index contributed by atoms with van der Waals surface area (Å²) in [5.74, 6) is 0.680. The Bertz CT molecular complexity index is 373. The van der Waals surface area contributed by atoms with Crippen LogP contribution in [0.25, 0.3) is 6.08 Å². The van der Waals surface area contributed by atoms with Gasteiger partial charge in [-0.25, -0.2) is 0 Å². The monoisotopic (exact) mass is 233 g/mol. The number of rotatable bonds is 2. The summed E-state index contributed by atoms with van der Waals surface area (Å²) >= 11 is 6.34. The highest BCUT2D eigenvalue weighted by atomic mass is 35.5. The van der Waals surface area contributed by atoms with Gasteiger partial charge in [0.15, 0.2) is 0 Å². The van der Waals surface area contributed by atoms with Crippen molar-refractivity contribution in [1.29, 1.82) is 0 Å². The molecule has 0 amide bonds. The standard InChI is InChI=1S/C15H18Cl/c1-2-6-12-9-10-14(15(16)11-12)13-7-4-3-5-8-13/h2,6,9-11,13H,1,3-5,7-8H2/b6-2-. The molecule has 1 saturated carbocycles. The molecule has 0 unspecified atom stereocenters. The van der Waals surface area contributed by atoms with Crippen LogP contribution in [0, 0.1) is 6.92 Å². The van der Waals surface area contributed by atoms with E-state index in [-0.39, 0.29) is 0 Å². The first-order chi connectivity index (χ1) is 7.81. The normalized spacial score (nSPS) is 18.1. The number of hydrogen-bond donors (Lipinski definition) is 0. The van der Waals surface area contributed by atoms with Gasteiger partial charge in [-0.1, -0.05) is 55.1 Å². The fourth-order valence-electron chi connectivity index (χ4n) is 2.53. The van der Waals surface area contributed by atoms with Gasteiger partial charge in [0.1, 0.15) is 0 Å². The summed E-state index contributed by atoms with van der Waals surface area (Å²) in [4.78, 5) is 0. The number of allylic oxidation sites excluding steroid dienone is 1. The Morgan fingerprint density at radius 2 is 1.94 bits per heavy atom. The van der Waals surface area contributed by atoms with Crippen molar-refractivity contribution in [3.8, 4) is 0 Å². The third kappa shape index (κ3) is 2.68. The fourth-order valence-corrected chi connectivity index (χ4v) is 2.87. The number of hydrogen-bond acceptors (Lipinski definition) is 0. The Kier molecular flexibility index (Phi) is 4.06. The quantitative estimate of drug-likeness (QED) is 0.656. The largest absolute Gasteiger partial charge is 0.0840 e. The molecule has 0 atom stereocenters. The second-order valence-corrected chi connectivity index (χ2v) is 4.93. The van der Waals surface area contributed by atoms with E-state index in [9.17, 15) is 0 Å². The molecule has 0 aliphatic heterocycles. The number of benzene rings is 1. The van der Waals surface area contributed by atoms with E-state index in [0.717, 1.165) is 10.6 Å². The smallest absolute Gasteiger partial charge is 0.0446 e. The SMILES string of the molecule is [CH2]/C=C\c1ccc(C2CCCCC2)c(Cl)c1. The lowest BCUT2D eigenvalue weighted by Gasteiger charge is -2.23. The van der Waals surface area contributed by atoms with Gasteiger partial charge in [0, 0.05) is 5.02 Å². The van der Waals surface area contributed by atoms with Gasteiger partial charge in [0.05, 0.1) is 0 Å². The van der Waals surface area contributed by atoms with Crippen molar-refractivity contribution in [2.75, 3.05) is 0 Å². The minimum Gasteiger partial charge on any atom is -0.0840 e. The molecule has 0 aromatic heterocycles. The Labute approximate surface area is 103 Å². The zero-order valence-corrected chi connectivity index (χ0v) is 10.3. The maximum atomic E-state index is 6.34. The van der Waals surface area contributed by atoms with E-state index in [1.54, 1.807) is 6.08 Å². The lowest BCUT2D eigenvalue weighted by molar-refractivity contribution is 0.444. The maximum absolute atomic E-state index is 6.34. The molecule has 2 rings (SSSR count). The molecule has 1 aliphatic carbocycles. The van der Waals surface area contributed by atoms with Crippen molar-refractivity contribution >= 4 is 17.7 Å². The van der Waals surface area contributed by atoms with Crippen molar-refractivity contribution in [2.24, 2.45) is 0 Å². The van der Waals surface area contributed by atoms with Gasteiger partial charge in [-0.05, 0) is 42.9 Å². The molecule has 1 aromatic carbocycles. The molecule has 1 heteroatoms. The van der Waals surface area contributed by atoms with E-state index in [4.69, 9.17) is 11.6 Å². The molecular weight excluding hydrogens is 216 g/mol. The van der Waals surface area contributed by atoms with E-state index in [0.29, 0.717) is 5.92 Å². The van der Waals surface area contributed by atoms with Gasteiger partial charge in [-0.15, -0.1) is 0 Å². The first-order valence-corrected chi connectivity index (χ1v) is 6.44. The highest BCUT2D eigenvalue weighted by Crippen LogP contribution is 2.36. The van der Waals surface area contributed by atoms with Crippen LogP contribution in [0.15, 0.2) is 24.3 Å². The van der Waals surface area contributed by atoms with Crippen LogP contribution in [0.5, 0.6) is 0 Å². The summed E-state index contributed by atoms with van der Waals surface area (Å²) in [5.41, 5.74) is 2.47. The molecule has 0 heterocycles. The first-order valence-electron chi connectivity index (χ1n) is 6.06. The first kappa shape index (κ1) is 11.7. The van der Waals surface area contributed by atoms with Gasteiger partial charge in [0.25, 0.3) is 0 Å². The predicted molar refractivity (Wildman–Crippen MR) is 71.7 cm³/mol. The summed E-state index contributed by atoms with van der Waals surface area (Å²) in [7, 11) is 0. The second kappa shape index (κ2) is 5.54. The van der Waals surface area contributed by atoms with E-state index >= 15 is 0 Å². The number of halogens is 1. The Morgan fingerprint density at radius 1 is 1.19 bits per heavy atom. The summed E-state index contributed by atoms with van der Waals surface area (Å²) in [6, 6.07) is 6.37. The Balaban J connectivity index is 2.21. The zero-order chi connectivity index (χ0) is 11.4. The average Bonchev–Trinajstić information content (AvgIpc) is 2.31. The summed E-state index contributed by atoms with van der Waals surface area (Å²) in [6.45, 7) is 3.70. The topological polar surface area (TPSA) is 0 Å².